The molecule has 0 spiro atoms. The van der Waals surface area contributed by atoms with Crippen molar-refractivity contribution in [3.8, 4) is 0 Å². The molecule has 6 heteroatoms. The third-order valence-electron chi connectivity index (χ3n) is 2.07. The van der Waals surface area contributed by atoms with Crippen LogP contribution in [-0.2, 0) is 0 Å². The maximum absolute atomic E-state index is 12.3. The number of oxazole rings is 1. The van der Waals surface area contributed by atoms with Crippen molar-refractivity contribution in [2.24, 2.45) is 5.73 Å². The number of nitrogens with two attached hydrogens (primary N) is 1. The van der Waals surface area contributed by atoms with Gasteiger partial charge in [0.05, 0.1) is 0 Å². The number of alkyl halides is 3. The summed E-state index contributed by atoms with van der Waals surface area (Å²) >= 11 is 0. The summed E-state index contributed by atoms with van der Waals surface area (Å²) in [5.41, 5.74) is 5.82. The van der Waals surface area contributed by atoms with Gasteiger partial charge in [-0.1, -0.05) is 6.07 Å². The van der Waals surface area contributed by atoms with Gasteiger partial charge in [0, 0.05) is 0 Å². The van der Waals surface area contributed by atoms with Crippen molar-refractivity contribution in [3.63, 3.8) is 0 Å². The second-order valence-electron chi connectivity index (χ2n) is 3.10. The topological polar surface area (TPSA) is 52.0 Å². The normalized spacial score (nSPS) is 14.4. The number of hydrogen-bond donors (Lipinski definition) is 1. The molecule has 3 nitrogen and oxygen atoms in total. The minimum absolute atomic E-state index is 0.0354. The highest BCUT2D eigenvalue weighted by Gasteiger charge is 2.37. The third kappa shape index (κ3) is 1.80. The van der Waals surface area contributed by atoms with E-state index in [1.165, 1.54) is 24.6 Å². The molecule has 2 aromatic rings. The smallest absolute Gasteiger partial charge is 0.407 e. The van der Waals surface area contributed by atoms with Crippen molar-refractivity contribution in [1.29, 1.82) is 0 Å². The molecular formula is C9H7F3N2O. The molecular weight excluding hydrogens is 209 g/mol. The number of fused-ring (bicyclic) bond motifs is 1. The van der Waals surface area contributed by atoms with Crippen molar-refractivity contribution >= 4 is 11.1 Å². The van der Waals surface area contributed by atoms with Crippen LogP contribution in [0.5, 0.6) is 0 Å². The Kier molecular flexibility index (Phi) is 2.15. The Hall–Kier alpha value is -1.56. The molecule has 80 valence electrons. The molecule has 1 atom stereocenters. The molecule has 2 rings (SSSR count). The largest absolute Gasteiger partial charge is 0.443 e. The van der Waals surface area contributed by atoms with Crippen LogP contribution in [0.15, 0.2) is 29.0 Å². The van der Waals surface area contributed by atoms with E-state index in [0.29, 0.717) is 11.1 Å². The molecule has 0 fully saturated rings. The summed E-state index contributed by atoms with van der Waals surface area (Å²) in [7, 11) is 0. The molecule has 2 N–H and O–H groups in total. The first kappa shape index (κ1) is 9.97. The number of rotatable bonds is 1. The lowest BCUT2D eigenvalue weighted by atomic mass is 10.1. The molecule has 0 aliphatic carbocycles. The fourth-order valence-electron chi connectivity index (χ4n) is 1.25. The van der Waals surface area contributed by atoms with Crippen LogP contribution in [0, 0.1) is 0 Å². The van der Waals surface area contributed by atoms with Gasteiger partial charge >= 0.3 is 6.18 Å². The van der Waals surface area contributed by atoms with Gasteiger partial charge in [-0.2, -0.15) is 13.2 Å². The van der Waals surface area contributed by atoms with E-state index in [0.717, 1.165) is 0 Å². The Labute approximate surface area is 82.7 Å². The Bertz CT molecular complexity index is 477. The lowest BCUT2D eigenvalue weighted by Crippen LogP contribution is -2.28. The summed E-state index contributed by atoms with van der Waals surface area (Å²) in [6, 6.07) is 2.00. The first-order chi connectivity index (χ1) is 6.98. The molecule has 0 radical (unpaired) electrons. The number of aromatic nitrogens is 1. The molecule has 0 saturated carbocycles. The van der Waals surface area contributed by atoms with E-state index < -0.39 is 12.2 Å². The molecule has 0 aliphatic heterocycles. The first-order valence-electron chi connectivity index (χ1n) is 4.14. The summed E-state index contributed by atoms with van der Waals surface area (Å²) < 4.78 is 41.8. The maximum Gasteiger partial charge on any atom is 0.407 e. The van der Waals surface area contributed by atoms with Crippen LogP contribution in [0.4, 0.5) is 13.2 Å². The maximum atomic E-state index is 12.3. The van der Waals surface area contributed by atoms with Crippen LogP contribution in [0.2, 0.25) is 0 Å². The summed E-state index contributed by atoms with van der Waals surface area (Å²) in [6.07, 6.45) is -3.28. The summed E-state index contributed by atoms with van der Waals surface area (Å²) in [5, 5.41) is 0. The van der Waals surface area contributed by atoms with E-state index in [1.807, 2.05) is 0 Å². The van der Waals surface area contributed by atoms with Crippen LogP contribution in [0.25, 0.3) is 11.1 Å². The quantitative estimate of drug-likeness (QED) is 0.796. The monoisotopic (exact) mass is 216 g/mol. The van der Waals surface area contributed by atoms with Gasteiger partial charge in [-0.25, -0.2) is 4.98 Å². The third-order valence-corrected chi connectivity index (χ3v) is 2.07. The van der Waals surface area contributed by atoms with Crippen LogP contribution in [-0.4, -0.2) is 11.2 Å². The first-order valence-corrected chi connectivity index (χ1v) is 4.14. The number of hydrogen-bond acceptors (Lipinski definition) is 3. The molecule has 1 aromatic heterocycles. The Morgan fingerprint density at radius 3 is 2.73 bits per heavy atom. The summed E-state index contributed by atoms with van der Waals surface area (Å²) in [5.74, 6) is 0. The van der Waals surface area contributed by atoms with Crippen molar-refractivity contribution < 1.29 is 17.6 Å². The van der Waals surface area contributed by atoms with Crippen LogP contribution in [0.3, 0.4) is 0 Å². The zero-order valence-corrected chi connectivity index (χ0v) is 7.45. The Morgan fingerprint density at radius 1 is 1.33 bits per heavy atom. The predicted octanol–water partition coefficient (Wildman–Crippen LogP) is 2.39. The molecule has 1 aromatic carbocycles. The summed E-state index contributed by atoms with van der Waals surface area (Å²) in [6.45, 7) is 0. The Balaban J connectivity index is 2.44. The van der Waals surface area contributed by atoms with Gasteiger partial charge in [0.1, 0.15) is 11.6 Å². The van der Waals surface area contributed by atoms with E-state index >= 15 is 0 Å². The molecule has 1 heterocycles. The van der Waals surface area contributed by atoms with Gasteiger partial charge in [0.2, 0.25) is 0 Å². The van der Waals surface area contributed by atoms with E-state index in [4.69, 9.17) is 10.2 Å². The standard InChI is InChI=1S/C9H7F3N2O/c10-9(11,12)8(13)5-1-2-6-7(3-5)15-4-14-6/h1-4,8H,13H2. The van der Waals surface area contributed by atoms with Crippen molar-refractivity contribution in [2.75, 3.05) is 0 Å². The van der Waals surface area contributed by atoms with Gasteiger partial charge in [-0.15, -0.1) is 0 Å². The molecule has 0 amide bonds. The molecule has 0 bridgehead atoms. The van der Waals surface area contributed by atoms with Gasteiger partial charge in [-0.3, -0.25) is 0 Å². The molecule has 15 heavy (non-hydrogen) atoms. The minimum atomic E-state index is -4.45. The van der Waals surface area contributed by atoms with E-state index in [1.54, 1.807) is 0 Å². The lowest BCUT2D eigenvalue weighted by molar-refractivity contribution is -0.149. The number of nitrogens with zero attached hydrogens (tertiary/aromatic N) is 1. The molecule has 0 aliphatic rings. The number of halogens is 3. The van der Waals surface area contributed by atoms with Crippen LogP contribution >= 0.6 is 0 Å². The zero-order valence-electron chi connectivity index (χ0n) is 7.45. The Morgan fingerprint density at radius 2 is 2.07 bits per heavy atom. The second kappa shape index (κ2) is 3.23. The predicted molar refractivity (Wildman–Crippen MR) is 47.0 cm³/mol. The van der Waals surface area contributed by atoms with Gasteiger partial charge < -0.3 is 10.2 Å². The van der Waals surface area contributed by atoms with Gasteiger partial charge in [0.25, 0.3) is 0 Å². The van der Waals surface area contributed by atoms with Crippen molar-refractivity contribution in [3.05, 3.63) is 30.2 Å². The SMILES string of the molecule is NC(c1ccc2ncoc2c1)C(F)(F)F. The highest BCUT2D eigenvalue weighted by Crippen LogP contribution is 2.31. The van der Waals surface area contributed by atoms with E-state index in [-0.39, 0.29) is 5.56 Å². The highest BCUT2D eigenvalue weighted by molar-refractivity contribution is 5.72. The summed E-state index contributed by atoms with van der Waals surface area (Å²) in [4.78, 5) is 3.79. The molecule has 0 saturated heterocycles. The van der Waals surface area contributed by atoms with Crippen molar-refractivity contribution in [1.82, 2.24) is 4.98 Å². The zero-order chi connectivity index (χ0) is 11.1. The van der Waals surface area contributed by atoms with Crippen LogP contribution in [0.1, 0.15) is 11.6 Å². The fraction of sp³-hybridized carbons (Fsp3) is 0.222. The highest BCUT2D eigenvalue weighted by atomic mass is 19.4. The fourth-order valence-corrected chi connectivity index (χ4v) is 1.25. The van der Waals surface area contributed by atoms with Crippen molar-refractivity contribution in [2.45, 2.75) is 12.2 Å². The van der Waals surface area contributed by atoms with E-state index in [9.17, 15) is 13.2 Å². The van der Waals surface area contributed by atoms with Crippen LogP contribution < -0.4 is 5.73 Å². The average Bonchev–Trinajstić information content (AvgIpc) is 2.61. The lowest BCUT2D eigenvalue weighted by Gasteiger charge is -2.15. The second-order valence-corrected chi connectivity index (χ2v) is 3.10. The number of benzene rings is 1. The average molecular weight is 216 g/mol. The minimum Gasteiger partial charge on any atom is -0.443 e. The van der Waals surface area contributed by atoms with E-state index in [2.05, 4.69) is 4.98 Å². The molecule has 1 unspecified atom stereocenters. The van der Waals surface area contributed by atoms with Gasteiger partial charge in [0.15, 0.2) is 12.0 Å². The van der Waals surface area contributed by atoms with Gasteiger partial charge in [-0.05, 0) is 17.7 Å².